The van der Waals surface area contributed by atoms with Crippen molar-refractivity contribution < 1.29 is 0 Å². The summed E-state index contributed by atoms with van der Waals surface area (Å²) in [6.45, 7) is 5.44. The summed E-state index contributed by atoms with van der Waals surface area (Å²) in [7, 11) is 0. The summed E-state index contributed by atoms with van der Waals surface area (Å²) in [5, 5.41) is 0. The lowest BCUT2D eigenvalue weighted by molar-refractivity contribution is 0.750. The Morgan fingerprint density at radius 2 is 1.89 bits per heavy atom. The zero-order valence-electron chi connectivity index (χ0n) is 11.6. The van der Waals surface area contributed by atoms with E-state index < -0.39 is 0 Å². The number of pyridine rings is 1. The van der Waals surface area contributed by atoms with Crippen LogP contribution in [0, 0.1) is 0 Å². The molecular formula is C17H20N2. The van der Waals surface area contributed by atoms with E-state index in [-0.39, 0.29) is 0 Å². The molecule has 2 heterocycles. The minimum Gasteiger partial charge on any atom is -0.326 e. The lowest BCUT2D eigenvalue weighted by Gasteiger charge is -2.30. The highest BCUT2D eigenvalue weighted by Crippen LogP contribution is 2.32. The van der Waals surface area contributed by atoms with Crippen LogP contribution in [-0.2, 0) is 6.42 Å². The molecule has 0 saturated carbocycles. The van der Waals surface area contributed by atoms with Gasteiger partial charge in [-0.2, -0.15) is 0 Å². The molecule has 0 atom stereocenters. The van der Waals surface area contributed by atoms with Crippen molar-refractivity contribution in [1.82, 2.24) is 4.98 Å². The van der Waals surface area contributed by atoms with Crippen LogP contribution in [0.3, 0.4) is 0 Å². The molecule has 1 aromatic heterocycles. The van der Waals surface area contributed by atoms with Crippen LogP contribution in [0.1, 0.15) is 37.4 Å². The second-order valence-corrected chi connectivity index (χ2v) is 5.46. The predicted molar refractivity (Wildman–Crippen MR) is 80.1 cm³/mol. The molecule has 0 saturated heterocycles. The molecule has 0 spiro atoms. The van der Waals surface area contributed by atoms with Crippen LogP contribution >= 0.6 is 0 Å². The van der Waals surface area contributed by atoms with Gasteiger partial charge in [-0.1, -0.05) is 38.1 Å². The summed E-state index contributed by atoms with van der Waals surface area (Å²) in [6.07, 6.45) is 2.38. The van der Waals surface area contributed by atoms with Crippen molar-refractivity contribution in [3.05, 3.63) is 53.7 Å². The largest absolute Gasteiger partial charge is 0.326 e. The van der Waals surface area contributed by atoms with E-state index in [2.05, 4.69) is 61.2 Å². The average molecular weight is 252 g/mol. The molecule has 1 aromatic carbocycles. The third-order valence-electron chi connectivity index (χ3n) is 3.73. The number of rotatable bonds is 2. The van der Waals surface area contributed by atoms with Crippen LogP contribution in [-0.4, -0.2) is 11.5 Å². The monoisotopic (exact) mass is 252 g/mol. The highest BCUT2D eigenvalue weighted by atomic mass is 15.2. The first-order valence-corrected chi connectivity index (χ1v) is 7.08. The van der Waals surface area contributed by atoms with Crippen LogP contribution in [0.15, 0.2) is 42.5 Å². The molecule has 0 bridgehead atoms. The maximum Gasteiger partial charge on any atom is 0.133 e. The first kappa shape index (κ1) is 12.2. The fourth-order valence-corrected chi connectivity index (χ4v) is 2.68. The van der Waals surface area contributed by atoms with E-state index in [1.807, 2.05) is 0 Å². The molecule has 0 aliphatic carbocycles. The quantitative estimate of drug-likeness (QED) is 0.792. The molecule has 3 rings (SSSR count). The number of anilines is 2. The summed E-state index contributed by atoms with van der Waals surface area (Å²) in [5.41, 5.74) is 3.92. The van der Waals surface area contributed by atoms with Gasteiger partial charge in [0.05, 0.1) is 0 Å². The van der Waals surface area contributed by atoms with Gasteiger partial charge in [0.2, 0.25) is 0 Å². The molecule has 19 heavy (non-hydrogen) atoms. The van der Waals surface area contributed by atoms with Gasteiger partial charge in [0.25, 0.3) is 0 Å². The maximum absolute atomic E-state index is 4.82. The highest BCUT2D eigenvalue weighted by molar-refractivity contribution is 5.65. The minimum absolute atomic E-state index is 0.472. The van der Waals surface area contributed by atoms with E-state index in [4.69, 9.17) is 4.98 Å². The standard InChI is InChI=1S/C17H20N2/c1-13(2)15-9-5-11-17(18-15)19-12-6-8-14-7-3-4-10-16(14)19/h3-5,7,9-11,13H,6,8,12H2,1-2H3. The molecule has 98 valence electrons. The van der Waals surface area contributed by atoms with Gasteiger partial charge in [0, 0.05) is 17.9 Å². The third kappa shape index (κ3) is 2.35. The third-order valence-corrected chi connectivity index (χ3v) is 3.73. The summed E-state index contributed by atoms with van der Waals surface area (Å²) in [4.78, 5) is 7.17. The highest BCUT2D eigenvalue weighted by Gasteiger charge is 2.18. The molecule has 0 unspecified atom stereocenters. The molecule has 1 aliphatic heterocycles. The van der Waals surface area contributed by atoms with Crippen molar-refractivity contribution in [1.29, 1.82) is 0 Å². The Morgan fingerprint density at radius 1 is 1.05 bits per heavy atom. The van der Waals surface area contributed by atoms with Crippen LogP contribution < -0.4 is 4.90 Å². The van der Waals surface area contributed by atoms with Gasteiger partial charge in [0.15, 0.2) is 0 Å². The summed E-state index contributed by atoms with van der Waals surface area (Å²) >= 11 is 0. The molecule has 0 fully saturated rings. The molecular weight excluding hydrogens is 232 g/mol. The van der Waals surface area contributed by atoms with Gasteiger partial charge in [-0.05, 0) is 42.5 Å². The van der Waals surface area contributed by atoms with Crippen LogP contribution in [0.5, 0.6) is 0 Å². The van der Waals surface area contributed by atoms with E-state index in [9.17, 15) is 0 Å². The second-order valence-electron chi connectivity index (χ2n) is 5.46. The molecule has 0 radical (unpaired) electrons. The van der Waals surface area contributed by atoms with Crippen molar-refractivity contribution in [3.63, 3.8) is 0 Å². The SMILES string of the molecule is CC(C)c1cccc(N2CCCc3ccccc32)n1. The smallest absolute Gasteiger partial charge is 0.133 e. The zero-order chi connectivity index (χ0) is 13.2. The maximum atomic E-state index is 4.82. The van der Waals surface area contributed by atoms with E-state index in [0.717, 1.165) is 12.4 Å². The van der Waals surface area contributed by atoms with E-state index in [1.54, 1.807) is 0 Å². The summed E-state index contributed by atoms with van der Waals surface area (Å²) in [5.74, 6) is 1.55. The first-order valence-electron chi connectivity index (χ1n) is 7.08. The lowest BCUT2D eigenvalue weighted by Crippen LogP contribution is -2.25. The Morgan fingerprint density at radius 3 is 2.74 bits per heavy atom. The average Bonchev–Trinajstić information content (AvgIpc) is 2.47. The van der Waals surface area contributed by atoms with Crippen LogP contribution in [0.2, 0.25) is 0 Å². The Bertz CT molecular complexity index is 575. The Labute approximate surface area is 115 Å². The van der Waals surface area contributed by atoms with Crippen LogP contribution in [0.4, 0.5) is 11.5 Å². The van der Waals surface area contributed by atoms with Crippen molar-refractivity contribution in [2.24, 2.45) is 0 Å². The molecule has 2 nitrogen and oxygen atoms in total. The van der Waals surface area contributed by atoms with E-state index in [0.29, 0.717) is 5.92 Å². The fourth-order valence-electron chi connectivity index (χ4n) is 2.68. The molecule has 2 aromatic rings. The molecule has 0 amide bonds. The van der Waals surface area contributed by atoms with Crippen molar-refractivity contribution in [2.45, 2.75) is 32.6 Å². The van der Waals surface area contributed by atoms with Gasteiger partial charge in [-0.25, -0.2) is 4.98 Å². The number of fused-ring (bicyclic) bond motifs is 1. The van der Waals surface area contributed by atoms with Gasteiger partial charge < -0.3 is 4.90 Å². The van der Waals surface area contributed by atoms with E-state index >= 15 is 0 Å². The fraction of sp³-hybridized carbons (Fsp3) is 0.353. The summed E-state index contributed by atoms with van der Waals surface area (Å²) in [6, 6.07) is 15.0. The number of benzene rings is 1. The van der Waals surface area contributed by atoms with Gasteiger partial charge in [0.1, 0.15) is 5.82 Å². The molecule has 0 N–H and O–H groups in total. The predicted octanol–water partition coefficient (Wildman–Crippen LogP) is 4.29. The number of nitrogens with zero attached hydrogens (tertiary/aromatic N) is 2. The normalized spacial score (nSPS) is 14.6. The van der Waals surface area contributed by atoms with E-state index in [1.165, 1.54) is 29.8 Å². The van der Waals surface area contributed by atoms with Crippen molar-refractivity contribution in [2.75, 3.05) is 11.4 Å². The zero-order valence-corrected chi connectivity index (χ0v) is 11.6. The number of hydrogen-bond acceptors (Lipinski definition) is 2. The van der Waals surface area contributed by atoms with Gasteiger partial charge in [-0.15, -0.1) is 0 Å². The lowest BCUT2D eigenvalue weighted by atomic mass is 10.0. The Kier molecular flexibility index (Phi) is 3.24. The molecule has 2 heteroatoms. The second kappa shape index (κ2) is 5.04. The Balaban J connectivity index is 2.01. The topological polar surface area (TPSA) is 16.1 Å². The number of aromatic nitrogens is 1. The number of para-hydroxylation sites is 1. The van der Waals surface area contributed by atoms with Crippen LogP contribution in [0.25, 0.3) is 0 Å². The summed E-state index contributed by atoms with van der Waals surface area (Å²) < 4.78 is 0. The van der Waals surface area contributed by atoms with Gasteiger partial charge in [-0.3, -0.25) is 0 Å². The Hall–Kier alpha value is -1.83. The van der Waals surface area contributed by atoms with Gasteiger partial charge >= 0.3 is 0 Å². The van der Waals surface area contributed by atoms with Crippen molar-refractivity contribution in [3.8, 4) is 0 Å². The minimum atomic E-state index is 0.472. The molecule has 1 aliphatic rings. The first-order chi connectivity index (χ1) is 9.25. The van der Waals surface area contributed by atoms with Crippen molar-refractivity contribution >= 4 is 11.5 Å². The number of aryl methyl sites for hydroxylation is 1. The number of hydrogen-bond donors (Lipinski definition) is 0.